The Balaban J connectivity index is 1.87. The van der Waals surface area contributed by atoms with Gasteiger partial charge in [0.05, 0.1) is 11.3 Å². The third-order valence-electron chi connectivity index (χ3n) is 4.31. The number of nitrogens with two attached hydrogens (primary N) is 1. The minimum absolute atomic E-state index is 0.0579. The van der Waals surface area contributed by atoms with Gasteiger partial charge in [-0.05, 0) is 55.2 Å². The number of benzene rings is 2. The van der Waals surface area contributed by atoms with Crippen LogP contribution in [0.4, 0.5) is 17.1 Å². The van der Waals surface area contributed by atoms with Gasteiger partial charge in [-0.25, -0.2) is 0 Å². The number of carbonyl (C=O) groups excluding carboxylic acids is 1. The van der Waals surface area contributed by atoms with Crippen molar-refractivity contribution in [2.75, 3.05) is 24.1 Å². The normalized spacial score (nSPS) is 14.0. The molecule has 1 saturated heterocycles. The molecule has 1 heterocycles. The molecule has 23 heavy (non-hydrogen) atoms. The first-order chi connectivity index (χ1) is 11.2. The fraction of sp³-hybridized carbons (Fsp3) is 0.316. The average Bonchev–Trinajstić information content (AvgIpc) is 3.11. The molecule has 4 nitrogen and oxygen atoms in total. The Kier molecular flexibility index (Phi) is 4.51. The van der Waals surface area contributed by atoms with E-state index in [1.807, 2.05) is 29.2 Å². The van der Waals surface area contributed by atoms with Crippen LogP contribution in [0.15, 0.2) is 42.5 Å². The third-order valence-corrected chi connectivity index (χ3v) is 4.31. The molecule has 1 aliphatic rings. The van der Waals surface area contributed by atoms with E-state index in [1.165, 1.54) is 5.56 Å². The molecule has 3 rings (SSSR count). The van der Waals surface area contributed by atoms with Gasteiger partial charge in [-0.1, -0.05) is 19.1 Å². The summed E-state index contributed by atoms with van der Waals surface area (Å²) in [4.78, 5) is 14.6. The quantitative estimate of drug-likeness (QED) is 0.844. The summed E-state index contributed by atoms with van der Waals surface area (Å²) in [5, 5.41) is 3.35. The molecule has 1 fully saturated rings. The van der Waals surface area contributed by atoms with Gasteiger partial charge in [0, 0.05) is 24.5 Å². The van der Waals surface area contributed by atoms with E-state index in [9.17, 15) is 4.79 Å². The Morgan fingerprint density at radius 2 is 1.83 bits per heavy atom. The van der Waals surface area contributed by atoms with Crippen LogP contribution in [0, 0.1) is 0 Å². The fourth-order valence-electron chi connectivity index (χ4n) is 2.92. The van der Waals surface area contributed by atoms with Crippen LogP contribution < -0.4 is 11.1 Å². The lowest BCUT2D eigenvalue weighted by Gasteiger charge is -2.19. The zero-order chi connectivity index (χ0) is 16.2. The Hall–Kier alpha value is -2.49. The molecule has 1 amide bonds. The number of amides is 1. The lowest BCUT2D eigenvalue weighted by atomic mass is 10.1. The van der Waals surface area contributed by atoms with E-state index in [2.05, 4.69) is 24.4 Å². The van der Waals surface area contributed by atoms with E-state index >= 15 is 0 Å². The van der Waals surface area contributed by atoms with Crippen LogP contribution in [0.3, 0.4) is 0 Å². The topological polar surface area (TPSA) is 58.4 Å². The minimum Gasteiger partial charge on any atom is -0.399 e. The highest BCUT2D eigenvalue weighted by atomic mass is 16.2. The van der Waals surface area contributed by atoms with Crippen LogP contribution in [0.2, 0.25) is 0 Å². The van der Waals surface area contributed by atoms with Crippen LogP contribution in [0.5, 0.6) is 0 Å². The number of nitrogens with one attached hydrogen (secondary N) is 1. The van der Waals surface area contributed by atoms with Crippen molar-refractivity contribution in [3.8, 4) is 0 Å². The number of rotatable bonds is 4. The van der Waals surface area contributed by atoms with Crippen molar-refractivity contribution in [3.05, 3.63) is 53.6 Å². The Morgan fingerprint density at radius 1 is 1.13 bits per heavy atom. The SMILES string of the molecule is CCc1ccc(Nc2ccc(N)cc2C(=O)N2CCCC2)cc1. The van der Waals surface area contributed by atoms with Gasteiger partial charge in [0.2, 0.25) is 0 Å². The summed E-state index contributed by atoms with van der Waals surface area (Å²) in [6.07, 6.45) is 3.17. The summed E-state index contributed by atoms with van der Waals surface area (Å²) in [5.41, 5.74) is 10.2. The molecule has 0 unspecified atom stereocenters. The number of hydrogen-bond acceptors (Lipinski definition) is 3. The number of aryl methyl sites for hydroxylation is 1. The number of anilines is 3. The van der Waals surface area contributed by atoms with E-state index in [0.717, 1.165) is 43.7 Å². The smallest absolute Gasteiger partial charge is 0.256 e. The summed E-state index contributed by atoms with van der Waals surface area (Å²) in [6, 6.07) is 13.8. The van der Waals surface area contributed by atoms with E-state index in [4.69, 9.17) is 5.73 Å². The molecule has 0 aliphatic carbocycles. The number of nitrogen functional groups attached to an aromatic ring is 1. The van der Waals surface area contributed by atoms with Gasteiger partial charge in [0.25, 0.3) is 5.91 Å². The molecule has 0 radical (unpaired) electrons. The molecule has 1 aliphatic heterocycles. The Bertz CT molecular complexity index is 688. The van der Waals surface area contributed by atoms with Crippen molar-refractivity contribution < 1.29 is 4.79 Å². The number of nitrogens with zero attached hydrogens (tertiary/aromatic N) is 1. The van der Waals surface area contributed by atoms with Gasteiger partial charge in [0.15, 0.2) is 0 Å². The van der Waals surface area contributed by atoms with Crippen LogP contribution in [-0.2, 0) is 6.42 Å². The average molecular weight is 309 g/mol. The molecular formula is C19H23N3O. The number of carbonyl (C=O) groups is 1. The van der Waals surface area contributed by atoms with Crippen molar-refractivity contribution in [2.45, 2.75) is 26.2 Å². The summed E-state index contributed by atoms with van der Waals surface area (Å²) in [6.45, 7) is 3.80. The fourth-order valence-corrected chi connectivity index (χ4v) is 2.92. The second-order valence-corrected chi connectivity index (χ2v) is 5.98. The molecule has 120 valence electrons. The molecule has 2 aromatic rings. The number of hydrogen-bond donors (Lipinski definition) is 2. The van der Waals surface area contributed by atoms with Crippen LogP contribution >= 0.6 is 0 Å². The van der Waals surface area contributed by atoms with E-state index in [1.54, 1.807) is 6.07 Å². The van der Waals surface area contributed by atoms with E-state index in [-0.39, 0.29) is 5.91 Å². The highest BCUT2D eigenvalue weighted by molar-refractivity contribution is 6.01. The summed E-state index contributed by atoms with van der Waals surface area (Å²) in [7, 11) is 0. The van der Waals surface area contributed by atoms with Gasteiger partial charge in [-0.2, -0.15) is 0 Å². The second-order valence-electron chi connectivity index (χ2n) is 5.98. The highest BCUT2D eigenvalue weighted by Crippen LogP contribution is 2.26. The first-order valence-electron chi connectivity index (χ1n) is 8.22. The molecule has 0 saturated carbocycles. The predicted octanol–water partition coefficient (Wildman–Crippen LogP) is 3.81. The minimum atomic E-state index is 0.0579. The van der Waals surface area contributed by atoms with Crippen molar-refractivity contribution in [1.29, 1.82) is 0 Å². The van der Waals surface area contributed by atoms with Crippen LogP contribution in [0.1, 0.15) is 35.7 Å². The lowest BCUT2D eigenvalue weighted by Crippen LogP contribution is -2.28. The van der Waals surface area contributed by atoms with Gasteiger partial charge in [-0.3, -0.25) is 4.79 Å². The molecule has 4 heteroatoms. The molecule has 0 bridgehead atoms. The van der Waals surface area contributed by atoms with Crippen molar-refractivity contribution in [3.63, 3.8) is 0 Å². The Labute approximate surface area is 137 Å². The van der Waals surface area contributed by atoms with Gasteiger partial charge in [0.1, 0.15) is 0 Å². The summed E-state index contributed by atoms with van der Waals surface area (Å²) < 4.78 is 0. The van der Waals surface area contributed by atoms with Crippen LogP contribution in [-0.4, -0.2) is 23.9 Å². The molecule has 3 N–H and O–H groups in total. The Morgan fingerprint density at radius 3 is 2.48 bits per heavy atom. The van der Waals surface area contributed by atoms with Crippen molar-refractivity contribution in [2.24, 2.45) is 0 Å². The maximum absolute atomic E-state index is 12.7. The lowest BCUT2D eigenvalue weighted by molar-refractivity contribution is 0.0794. The predicted molar refractivity (Wildman–Crippen MR) is 95.1 cm³/mol. The van der Waals surface area contributed by atoms with Crippen LogP contribution in [0.25, 0.3) is 0 Å². The molecule has 2 aromatic carbocycles. The second kappa shape index (κ2) is 6.73. The molecule has 0 spiro atoms. The monoisotopic (exact) mass is 309 g/mol. The van der Waals surface area contributed by atoms with E-state index in [0.29, 0.717) is 11.3 Å². The maximum atomic E-state index is 12.7. The zero-order valence-electron chi connectivity index (χ0n) is 13.5. The molecule has 0 atom stereocenters. The van der Waals surface area contributed by atoms with Gasteiger partial charge < -0.3 is 16.0 Å². The molecular weight excluding hydrogens is 286 g/mol. The van der Waals surface area contributed by atoms with Gasteiger partial charge >= 0.3 is 0 Å². The largest absolute Gasteiger partial charge is 0.399 e. The summed E-state index contributed by atoms with van der Waals surface area (Å²) >= 11 is 0. The van der Waals surface area contributed by atoms with E-state index < -0.39 is 0 Å². The number of likely N-dealkylation sites (tertiary alicyclic amines) is 1. The first-order valence-corrected chi connectivity index (χ1v) is 8.22. The summed E-state index contributed by atoms with van der Waals surface area (Å²) in [5.74, 6) is 0.0579. The standard InChI is InChI=1S/C19H23N3O/c1-2-14-5-8-16(9-6-14)21-18-10-7-15(20)13-17(18)19(23)22-11-3-4-12-22/h5-10,13,21H,2-4,11-12,20H2,1H3. The third kappa shape index (κ3) is 3.47. The maximum Gasteiger partial charge on any atom is 0.256 e. The first kappa shape index (κ1) is 15.4. The van der Waals surface area contributed by atoms with Gasteiger partial charge in [-0.15, -0.1) is 0 Å². The molecule has 0 aromatic heterocycles. The van der Waals surface area contributed by atoms with Crippen molar-refractivity contribution >= 4 is 23.0 Å². The zero-order valence-corrected chi connectivity index (χ0v) is 13.5. The van der Waals surface area contributed by atoms with Crippen molar-refractivity contribution in [1.82, 2.24) is 4.90 Å². The highest BCUT2D eigenvalue weighted by Gasteiger charge is 2.22.